The maximum Gasteiger partial charge on any atom is 0.412 e. The number of hydrogen-bond donors (Lipinski definition) is 1. The molecule has 1 N–H and O–H groups in total. The van der Waals surface area contributed by atoms with E-state index in [2.05, 4.69) is 10.2 Å². The fourth-order valence-corrected chi connectivity index (χ4v) is 3.99. The van der Waals surface area contributed by atoms with Crippen LogP contribution in [-0.2, 0) is 0 Å². The Balaban J connectivity index is 1.21. The lowest BCUT2D eigenvalue weighted by Gasteiger charge is -2.33. The zero-order valence-electron chi connectivity index (χ0n) is 18.5. The van der Waals surface area contributed by atoms with E-state index in [-0.39, 0.29) is 17.3 Å². The third kappa shape index (κ3) is 6.06. The van der Waals surface area contributed by atoms with Crippen LogP contribution in [0.4, 0.5) is 20.7 Å². The molecule has 9 heteroatoms. The molecule has 2 aromatic carbocycles. The second kappa shape index (κ2) is 10.7. The predicted octanol–water partition coefficient (Wildman–Crippen LogP) is 5.19. The number of rotatable bonds is 7. The molecule has 1 amide bonds. The molecule has 1 aliphatic heterocycles. The smallest absolute Gasteiger partial charge is 0.410 e. The number of amides is 1. The number of nitrogens with one attached hydrogen (secondary N) is 1. The maximum atomic E-state index is 13.2. The van der Waals surface area contributed by atoms with E-state index in [9.17, 15) is 19.3 Å². The Labute approximate surface area is 196 Å². The summed E-state index contributed by atoms with van der Waals surface area (Å²) in [4.78, 5) is 29.1. The van der Waals surface area contributed by atoms with Gasteiger partial charge in [-0.05, 0) is 73.7 Å². The van der Waals surface area contributed by atoms with Crippen molar-refractivity contribution in [3.8, 4) is 17.0 Å². The van der Waals surface area contributed by atoms with Gasteiger partial charge in [0.2, 0.25) is 0 Å². The summed E-state index contributed by atoms with van der Waals surface area (Å²) >= 11 is 0. The molecule has 1 aromatic heterocycles. The highest BCUT2D eigenvalue weighted by atomic mass is 19.1. The molecule has 2 heterocycles. The van der Waals surface area contributed by atoms with E-state index >= 15 is 0 Å². The van der Waals surface area contributed by atoms with E-state index in [4.69, 9.17) is 9.72 Å². The molecule has 8 nitrogen and oxygen atoms in total. The number of piperidine rings is 1. The van der Waals surface area contributed by atoms with Gasteiger partial charge in [-0.15, -0.1) is 0 Å². The minimum Gasteiger partial charge on any atom is -0.410 e. The van der Waals surface area contributed by atoms with Gasteiger partial charge in [-0.25, -0.2) is 14.2 Å². The number of ether oxygens (including phenoxy) is 1. The van der Waals surface area contributed by atoms with Crippen LogP contribution >= 0.6 is 0 Å². The van der Waals surface area contributed by atoms with Crippen molar-refractivity contribution < 1.29 is 18.8 Å². The monoisotopic (exact) mass is 464 g/mol. The fraction of sp³-hybridized carbons (Fsp3) is 0.280. The molecular weight excluding hydrogens is 439 g/mol. The summed E-state index contributed by atoms with van der Waals surface area (Å²) in [6, 6.07) is 17.6. The molecule has 0 spiro atoms. The SMILES string of the molecule is O=C(NCCC1CCN(c2cccc(-c3ccc(F)cc3)n2)CC1)Oc1ccc([N+](=O)[O-])cc1. The molecule has 1 saturated heterocycles. The zero-order chi connectivity index (χ0) is 23.9. The standard InChI is InChI=1S/C25H25FN4O4/c26-20-6-4-19(5-7-20)23-2-1-3-24(28-23)29-16-13-18(14-17-29)12-15-27-25(31)34-22-10-8-21(9-11-22)30(32)33/h1-11,18H,12-17H2,(H,27,31). The summed E-state index contributed by atoms with van der Waals surface area (Å²) in [7, 11) is 0. The van der Waals surface area contributed by atoms with Crippen LogP contribution in [0, 0.1) is 21.8 Å². The van der Waals surface area contributed by atoms with Gasteiger partial charge in [0.25, 0.3) is 5.69 Å². The number of nitro groups is 1. The van der Waals surface area contributed by atoms with Gasteiger partial charge in [-0.2, -0.15) is 0 Å². The first-order chi connectivity index (χ1) is 16.5. The Kier molecular flexibility index (Phi) is 7.31. The van der Waals surface area contributed by atoms with Gasteiger partial charge in [0.05, 0.1) is 10.6 Å². The molecular formula is C25H25FN4O4. The zero-order valence-corrected chi connectivity index (χ0v) is 18.5. The minimum atomic E-state index is -0.576. The van der Waals surface area contributed by atoms with Crippen LogP contribution in [0.15, 0.2) is 66.7 Å². The Hall–Kier alpha value is -4.01. The molecule has 0 saturated carbocycles. The third-order valence-corrected chi connectivity index (χ3v) is 5.89. The molecule has 4 rings (SSSR count). The van der Waals surface area contributed by atoms with Gasteiger partial charge < -0.3 is 15.0 Å². The topological polar surface area (TPSA) is 97.6 Å². The average molecular weight is 464 g/mol. The number of carbonyl (C=O) groups excluding carboxylic acids is 1. The summed E-state index contributed by atoms with van der Waals surface area (Å²) in [5.74, 6) is 1.38. The Morgan fingerprint density at radius 1 is 1.09 bits per heavy atom. The summed E-state index contributed by atoms with van der Waals surface area (Å²) in [5.41, 5.74) is 1.64. The highest BCUT2D eigenvalue weighted by Crippen LogP contribution is 2.26. The van der Waals surface area contributed by atoms with E-state index in [1.165, 1.54) is 36.4 Å². The molecule has 1 fully saturated rings. The van der Waals surface area contributed by atoms with E-state index in [1.54, 1.807) is 12.1 Å². The molecule has 0 radical (unpaired) electrons. The van der Waals surface area contributed by atoms with Gasteiger partial charge in [0, 0.05) is 37.3 Å². The van der Waals surface area contributed by atoms with Crippen LogP contribution < -0.4 is 15.0 Å². The van der Waals surface area contributed by atoms with E-state index in [0.29, 0.717) is 12.5 Å². The second-order valence-electron chi connectivity index (χ2n) is 8.17. The highest BCUT2D eigenvalue weighted by molar-refractivity contribution is 5.70. The van der Waals surface area contributed by atoms with Crippen LogP contribution in [0.3, 0.4) is 0 Å². The fourth-order valence-electron chi connectivity index (χ4n) is 3.99. The van der Waals surface area contributed by atoms with Crippen molar-refractivity contribution in [1.82, 2.24) is 10.3 Å². The first-order valence-corrected chi connectivity index (χ1v) is 11.2. The average Bonchev–Trinajstić information content (AvgIpc) is 2.85. The lowest BCUT2D eigenvalue weighted by atomic mass is 9.93. The molecule has 34 heavy (non-hydrogen) atoms. The number of benzene rings is 2. The molecule has 0 atom stereocenters. The summed E-state index contributed by atoms with van der Waals surface area (Å²) in [6.07, 6.45) is 2.24. The maximum absolute atomic E-state index is 13.2. The molecule has 0 unspecified atom stereocenters. The number of anilines is 1. The number of nitro benzene ring substituents is 1. The minimum absolute atomic E-state index is 0.0588. The van der Waals surface area contributed by atoms with Crippen molar-refractivity contribution in [3.05, 3.63) is 82.7 Å². The number of pyridine rings is 1. The van der Waals surface area contributed by atoms with E-state index in [1.807, 2.05) is 18.2 Å². The van der Waals surface area contributed by atoms with Crippen molar-refractivity contribution >= 4 is 17.6 Å². The number of hydrogen-bond acceptors (Lipinski definition) is 6. The summed E-state index contributed by atoms with van der Waals surface area (Å²) in [6.45, 7) is 2.24. The van der Waals surface area contributed by atoms with Gasteiger partial charge >= 0.3 is 6.09 Å². The Morgan fingerprint density at radius 2 is 1.79 bits per heavy atom. The van der Waals surface area contributed by atoms with Crippen molar-refractivity contribution in [3.63, 3.8) is 0 Å². The second-order valence-corrected chi connectivity index (χ2v) is 8.17. The first kappa shape index (κ1) is 23.2. The van der Waals surface area contributed by atoms with E-state index < -0.39 is 11.0 Å². The largest absolute Gasteiger partial charge is 0.412 e. The molecule has 176 valence electrons. The van der Waals surface area contributed by atoms with Gasteiger partial charge in [-0.1, -0.05) is 6.07 Å². The molecule has 0 aliphatic carbocycles. The van der Waals surface area contributed by atoms with Crippen LogP contribution in [0.1, 0.15) is 19.3 Å². The predicted molar refractivity (Wildman–Crippen MR) is 126 cm³/mol. The van der Waals surface area contributed by atoms with Crippen molar-refractivity contribution in [1.29, 1.82) is 0 Å². The number of nitrogens with zero attached hydrogens (tertiary/aromatic N) is 3. The third-order valence-electron chi connectivity index (χ3n) is 5.89. The molecule has 1 aliphatic rings. The van der Waals surface area contributed by atoms with E-state index in [0.717, 1.165) is 49.4 Å². The van der Waals surface area contributed by atoms with Gasteiger partial charge in [0.1, 0.15) is 17.4 Å². The molecule has 3 aromatic rings. The summed E-state index contributed by atoms with van der Waals surface area (Å²) < 4.78 is 18.4. The number of aromatic nitrogens is 1. The van der Waals surface area contributed by atoms with Gasteiger partial charge in [0.15, 0.2) is 0 Å². The number of carbonyl (C=O) groups is 1. The van der Waals surface area contributed by atoms with Crippen LogP contribution in [0.25, 0.3) is 11.3 Å². The number of halogens is 1. The van der Waals surface area contributed by atoms with Crippen molar-refractivity contribution in [2.24, 2.45) is 5.92 Å². The van der Waals surface area contributed by atoms with Crippen LogP contribution in [0.2, 0.25) is 0 Å². The van der Waals surface area contributed by atoms with Crippen molar-refractivity contribution in [2.45, 2.75) is 19.3 Å². The quantitative estimate of drug-likeness (QED) is 0.382. The normalized spacial score (nSPS) is 14.0. The molecule has 0 bridgehead atoms. The lowest BCUT2D eigenvalue weighted by Crippen LogP contribution is -2.36. The van der Waals surface area contributed by atoms with Crippen LogP contribution in [0.5, 0.6) is 5.75 Å². The summed E-state index contributed by atoms with van der Waals surface area (Å²) in [5, 5.41) is 13.4. The van der Waals surface area contributed by atoms with Crippen molar-refractivity contribution in [2.75, 3.05) is 24.5 Å². The highest BCUT2D eigenvalue weighted by Gasteiger charge is 2.20. The van der Waals surface area contributed by atoms with Crippen LogP contribution in [-0.4, -0.2) is 35.6 Å². The number of non-ortho nitro benzene ring substituents is 1. The lowest BCUT2D eigenvalue weighted by molar-refractivity contribution is -0.384. The van der Waals surface area contributed by atoms with Gasteiger partial charge in [-0.3, -0.25) is 10.1 Å². The Morgan fingerprint density at radius 3 is 2.47 bits per heavy atom. The Bertz CT molecular complexity index is 1130. The first-order valence-electron chi connectivity index (χ1n) is 11.2.